The number of hydrogen-bond donors (Lipinski definition) is 2. The Balaban J connectivity index is 1.51. The Hall–Kier alpha value is -2.51. The standard InChI is InChI=1S/C20H21FN4OS/c21-15-11-16(18-17(12-15)22-20(27)23-18)19(26)25-8-4-7-24(9-10-25)13-14-5-2-1-3-6-14/h1-3,5-6,11-12H,4,7-10,13H2,(H2,22,23,27). The first-order valence-corrected chi connectivity index (χ1v) is 9.48. The van der Waals surface area contributed by atoms with Crippen LogP contribution in [-0.2, 0) is 6.54 Å². The van der Waals surface area contributed by atoms with Crippen molar-refractivity contribution in [2.75, 3.05) is 26.2 Å². The van der Waals surface area contributed by atoms with Crippen molar-refractivity contribution in [3.8, 4) is 0 Å². The molecule has 4 rings (SSSR count). The smallest absolute Gasteiger partial charge is 0.256 e. The lowest BCUT2D eigenvalue weighted by molar-refractivity contribution is 0.0762. The van der Waals surface area contributed by atoms with Crippen molar-refractivity contribution in [1.29, 1.82) is 0 Å². The Bertz CT molecular complexity index is 1010. The molecule has 0 spiro atoms. The fourth-order valence-electron chi connectivity index (χ4n) is 3.62. The van der Waals surface area contributed by atoms with Gasteiger partial charge in [-0.15, -0.1) is 0 Å². The van der Waals surface area contributed by atoms with Gasteiger partial charge in [-0.1, -0.05) is 30.3 Å². The van der Waals surface area contributed by atoms with Crippen molar-refractivity contribution < 1.29 is 9.18 Å². The van der Waals surface area contributed by atoms with Crippen LogP contribution in [0, 0.1) is 10.6 Å². The van der Waals surface area contributed by atoms with E-state index in [9.17, 15) is 9.18 Å². The number of nitrogens with zero attached hydrogens (tertiary/aromatic N) is 2. The lowest BCUT2D eigenvalue weighted by atomic mass is 10.1. The number of fused-ring (bicyclic) bond motifs is 1. The van der Waals surface area contributed by atoms with Gasteiger partial charge in [0.1, 0.15) is 5.82 Å². The third-order valence-corrected chi connectivity index (χ3v) is 5.15. The molecule has 1 fully saturated rings. The molecule has 27 heavy (non-hydrogen) atoms. The van der Waals surface area contributed by atoms with Crippen LogP contribution in [0.2, 0.25) is 0 Å². The Morgan fingerprint density at radius 2 is 1.89 bits per heavy atom. The number of hydrogen-bond acceptors (Lipinski definition) is 3. The summed E-state index contributed by atoms with van der Waals surface area (Å²) in [5, 5.41) is 0. The predicted octanol–water partition coefficient (Wildman–Crippen LogP) is 3.71. The summed E-state index contributed by atoms with van der Waals surface area (Å²) in [6, 6.07) is 13.0. The van der Waals surface area contributed by atoms with Crippen LogP contribution in [0.25, 0.3) is 11.0 Å². The van der Waals surface area contributed by atoms with Crippen molar-refractivity contribution >= 4 is 29.2 Å². The SMILES string of the molecule is O=C(c1cc(F)cc2[nH]c(=S)[nH]c12)N1CCCN(Cc2ccccc2)CC1. The minimum absolute atomic E-state index is 0.161. The van der Waals surface area contributed by atoms with Gasteiger partial charge in [0.25, 0.3) is 5.91 Å². The zero-order valence-electron chi connectivity index (χ0n) is 14.9. The molecule has 2 N–H and O–H groups in total. The molecule has 5 nitrogen and oxygen atoms in total. The number of halogens is 1. The van der Waals surface area contributed by atoms with E-state index in [4.69, 9.17) is 12.2 Å². The van der Waals surface area contributed by atoms with Crippen LogP contribution in [0.4, 0.5) is 4.39 Å². The van der Waals surface area contributed by atoms with Crippen molar-refractivity contribution in [2.45, 2.75) is 13.0 Å². The van der Waals surface area contributed by atoms with E-state index in [-0.39, 0.29) is 5.91 Å². The van der Waals surface area contributed by atoms with Gasteiger partial charge in [0.05, 0.1) is 16.6 Å². The van der Waals surface area contributed by atoms with Gasteiger partial charge >= 0.3 is 0 Å². The molecule has 0 aliphatic carbocycles. The van der Waals surface area contributed by atoms with E-state index >= 15 is 0 Å². The molecule has 1 aromatic heterocycles. The van der Waals surface area contributed by atoms with Crippen LogP contribution in [0.15, 0.2) is 42.5 Å². The highest BCUT2D eigenvalue weighted by Gasteiger charge is 2.23. The molecule has 0 unspecified atom stereocenters. The van der Waals surface area contributed by atoms with Gasteiger partial charge in [0.2, 0.25) is 0 Å². The topological polar surface area (TPSA) is 55.1 Å². The Morgan fingerprint density at radius 3 is 2.70 bits per heavy atom. The summed E-state index contributed by atoms with van der Waals surface area (Å²) in [4.78, 5) is 23.1. The van der Waals surface area contributed by atoms with E-state index in [1.165, 1.54) is 17.7 Å². The second kappa shape index (κ2) is 7.62. The van der Waals surface area contributed by atoms with Crippen LogP contribution in [0.3, 0.4) is 0 Å². The minimum Gasteiger partial charge on any atom is -0.337 e. The summed E-state index contributed by atoms with van der Waals surface area (Å²) in [5.41, 5.74) is 2.68. The molecule has 1 aliphatic heterocycles. The highest BCUT2D eigenvalue weighted by molar-refractivity contribution is 7.71. The van der Waals surface area contributed by atoms with E-state index in [1.54, 1.807) is 0 Å². The molecule has 0 saturated carbocycles. The summed E-state index contributed by atoms with van der Waals surface area (Å²) in [6.45, 7) is 3.88. The number of nitrogens with one attached hydrogen (secondary N) is 2. The van der Waals surface area contributed by atoms with Crippen LogP contribution in [-0.4, -0.2) is 51.9 Å². The fourth-order valence-corrected chi connectivity index (χ4v) is 3.83. The highest BCUT2D eigenvalue weighted by Crippen LogP contribution is 2.20. The van der Waals surface area contributed by atoms with Gasteiger partial charge in [-0.05, 0) is 36.3 Å². The average Bonchev–Trinajstić information content (AvgIpc) is 2.87. The second-order valence-electron chi connectivity index (χ2n) is 6.86. The van der Waals surface area contributed by atoms with E-state index in [1.807, 2.05) is 23.1 Å². The number of carbonyl (C=O) groups excluding carboxylic acids is 1. The third-order valence-electron chi connectivity index (χ3n) is 4.95. The number of amides is 1. The van der Waals surface area contributed by atoms with Crippen LogP contribution < -0.4 is 0 Å². The third kappa shape index (κ3) is 3.94. The Morgan fingerprint density at radius 1 is 1.07 bits per heavy atom. The van der Waals surface area contributed by atoms with Crippen LogP contribution in [0.5, 0.6) is 0 Å². The molecule has 0 bridgehead atoms. The normalized spacial score (nSPS) is 15.8. The van der Waals surface area contributed by atoms with Gasteiger partial charge in [-0.3, -0.25) is 9.69 Å². The number of H-pyrrole nitrogens is 2. The zero-order chi connectivity index (χ0) is 18.8. The van der Waals surface area contributed by atoms with Gasteiger partial charge in [-0.2, -0.15) is 0 Å². The van der Waals surface area contributed by atoms with Gasteiger partial charge in [-0.25, -0.2) is 4.39 Å². The summed E-state index contributed by atoms with van der Waals surface area (Å²) in [6.07, 6.45) is 0.889. The first-order chi connectivity index (χ1) is 13.1. The maximum atomic E-state index is 14.0. The van der Waals surface area contributed by atoms with Gasteiger partial charge in [0, 0.05) is 32.7 Å². The lowest BCUT2D eigenvalue weighted by Crippen LogP contribution is -2.35. The Labute approximate surface area is 161 Å². The summed E-state index contributed by atoms with van der Waals surface area (Å²) in [5.74, 6) is -0.608. The second-order valence-corrected chi connectivity index (χ2v) is 7.27. The van der Waals surface area contributed by atoms with E-state index < -0.39 is 5.82 Å². The van der Waals surface area contributed by atoms with Gasteiger partial charge < -0.3 is 14.9 Å². The predicted molar refractivity (Wildman–Crippen MR) is 106 cm³/mol. The number of rotatable bonds is 3. The molecule has 2 aromatic carbocycles. The van der Waals surface area contributed by atoms with Crippen LogP contribution >= 0.6 is 12.2 Å². The molecule has 0 atom stereocenters. The van der Waals surface area contributed by atoms with Gasteiger partial charge in [0.15, 0.2) is 4.77 Å². The number of aromatic amines is 2. The molecule has 1 saturated heterocycles. The fraction of sp³-hybridized carbons (Fsp3) is 0.300. The molecule has 1 aliphatic rings. The number of imidazole rings is 1. The summed E-state index contributed by atoms with van der Waals surface area (Å²) >= 11 is 5.09. The van der Waals surface area contributed by atoms with Crippen molar-refractivity contribution in [3.63, 3.8) is 0 Å². The molecule has 1 amide bonds. The van der Waals surface area contributed by atoms with E-state index in [0.717, 1.165) is 26.1 Å². The summed E-state index contributed by atoms with van der Waals surface area (Å²) < 4.78 is 14.4. The Kier molecular flexibility index (Phi) is 5.05. The minimum atomic E-state index is -0.448. The maximum Gasteiger partial charge on any atom is 0.256 e. The molecular weight excluding hydrogens is 363 g/mol. The molecular formula is C20H21FN4OS. The number of carbonyl (C=O) groups is 1. The average molecular weight is 384 g/mol. The first kappa shape index (κ1) is 17.9. The lowest BCUT2D eigenvalue weighted by Gasteiger charge is -2.22. The summed E-state index contributed by atoms with van der Waals surface area (Å²) in [7, 11) is 0. The number of benzene rings is 2. The molecule has 3 aromatic rings. The maximum absolute atomic E-state index is 14.0. The monoisotopic (exact) mass is 384 g/mol. The van der Waals surface area contributed by atoms with Crippen molar-refractivity contribution in [2.24, 2.45) is 0 Å². The largest absolute Gasteiger partial charge is 0.337 e. The first-order valence-electron chi connectivity index (χ1n) is 9.07. The number of aromatic nitrogens is 2. The van der Waals surface area contributed by atoms with Crippen LogP contribution in [0.1, 0.15) is 22.3 Å². The van der Waals surface area contributed by atoms with Crippen molar-refractivity contribution in [3.05, 3.63) is 64.2 Å². The molecule has 0 radical (unpaired) electrons. The molecule has 7 heteroatoms. The van der Waals surface area contributed by atoms with E-state index in [2.05, 4.69) is 27.0 Å². The molecule has 140 valence electrons. The highest BCUT2D eigenvalue weighted by atomic mass is 32.1. The quantitative estimate of drug-likeness (QED) is 0.677. The zero-order valence-corrected chi connectivity index (χ0v) is 15.7. The van der Waals surface area contributed by atoms with Crippen molar-refractivity contribution in [1.82, 2.24) is 19.8 Å². The molecule has 2 heterocycles. The van der Waals surface area contributed by atoms with E-state index in [0.29, 0.717) is 34.5 Å².